The molecule has 2 aliphatic carbocycles. The van der Waals surface area contributed by atoms with E-state index in [2.05, 4.69) is 15.9 Å². The van der Waals surface area contributed by atoms with Gasteiger partial charge in [-0.15, -0.1) is 0 Å². The molecule has 0 spiro atoms. The average molecular weight is 659 g/mol. The second kappa shape index (κ2) is 12.0. The number of aliphatic carboxylic acids is 1. The number of rotatable bonds is 9. The molecule has 42 heavy (non-hydrogen) atoms. The highest BCUT2D eigenvalue weighted by Gasteiger charge is 2.43. The van der Waals surface area contributed by atoms with E-state index in [1.165, 1.54) is 12.1 Å². The molecule has 3 aliphatic rings. The SMILES string of the molecule is CCOc1cc(C2C3=C(CCCC3=O)N(CCC(=O)O)C3=C2C(=O)CCC3)cc(Br)c1OS(=O)(=O)c1ccc(C)cc1. The highest BCUT2D eigenvalue weighted by atomic mass is 79.9. The molecule has 0 fully saturated rings. The summed E-state index contributed by atoms with van der Waals surface area (Å²) in [6, 6.07) is 9.62. The number of carbonyl (C=O) groups is 3. The second-order valence-corrected chi connectivity index (χ2v) is 13.0. The van der Waals surface area contributed by atoms with Crippen LogP contribution in [0.4, 0.5) is 0 Å². The van der Waals surface area contributed by atoms with Crippen molar-refractivity contribution >= 4 is 43.6 Å². The van der Waals surface area contributed by atoms with E-state index >= 15 is 0 Å². The van der Waals surface area contributed by atoms with Gasteiger partial charge in [0, 0.05) is 47.8 Å². The smallest absolute Gasteiger partial charge is 0.339 e. The lowest BCUT2D eigenvalue weighted by Gasteiger charge is -2.44. The van der Waals surface area contributed by atoms with Gasteiger partial charge < -0.3 is 18.9 Å². The summed E-state index contributed by atoms with van der Waals surface area (Å²) in [6.07, 6.45) is 3.00. The van der Waals surface area contributed by atoms with Crippen LogP contribution in [0.25, 0.3) is 0 Å². The van der Waals surface area contributed by atoms with Gasteiger partial charge in [0.25, 0.3) is 0 Å². The topological polar surface area (TPSA) is 127 Å². The van der Waals surface area contributed by atoms with Crippen molar-refractivity contribution in [3.63, 3.8) is 0 Å². The lowest BCUT2D eigenvalue weighted by Crippen LogP contribution is -2.39. The van der Waals surface area contributed by atoms with Gasteiger partial charge in [-0.2, -0.15) is 8.42 Å². The van der Waals surface area contributed by atoms with Crippen LogP contribution in [0.2, 0.25) is 0 Å². The Labute approximate surface area is 253 Å². The highest BCUT2D eigenvalue weighted by molar-refractivity contribution is 9.10. The molecule has 5 rings (SSSR count). The summed E-state index contributed by atoms with van der Waals surface area (Å²) in [5.41, 5.74) is 4.02. The molecule has 1 aliphatic heterocycles. The number of benzene rings is 2. The summed E-state index contributed by atoms with van der Waals surface area (Å²) in [7, 11) is -4.20. The van der Waals surface area contributed by atoms with Gasteiger partial charge in [-0.05, 0) is 85.3 Å². The summed E-state index contributed by atoms with van der Waals surface area (Å²) in [6.45, 7) is 4.00. The second-order valence-electron chi connectivity index (χ2n) is 10.6. The number of carboxylic acids is 1. The lowest BCUT2D eigenvalue weighted by atomic mass is 9.71. The molecule has 11 heteroatoms. The third kappa shape index (κ3) is 5.76. The number of carboxylic acid groups (broad SMARTS) is 1. The number of carbonyl (C=O) groups excluding carboxylic acids is 2. The first-order valence-electron chi connectivity index (χ1n) is 14.0. The van der Waals surface area contributed by atoms with Gasteiger partial charge in [0.15, 0.2) is 23.1 Å². The molecule has 0 radical (unpaired) electrons. The number of allylic oxidation sites excluding steroid dienone is 4. The number of ether oxygens (including phenoxy) is 1. The summed E-state index contributed by atoms with van der Waals surface area (Å²) in [5, 5.41) is 9.41. The van der Waals surface area contributed by atoms with Crippen LogP contribution in [0.5, 0.6) is 11.5 Å². The van der Waals surface area contributed by atoms with Crippen molar-refractivity contribution in [2.45, 2.75) is 69.6 Å². The minimum atomic E-state index is -4.20. The van der Waals surface area contributed by atoms with Crippen molar-refractivity contribution in [3.8, 4) is 11.5 Å². The molecule has 0 saturated carbocycles. The average Bonchev–Trinajstić information content (AvgIpc) is 2.93. The Kier molecular flexibility index (Phi) is 8.61. The first-order valence-corrected chi connectivity index (χ1v) is 16.2. The molecule has 0 unspecified atom stereocenters. The fourth-order valence-corrected chi connectivity index (χ4v) is 7.59. The number of ketones is 2. The zero-order chi connectivity index (χ0) is 30.2. The third-order valence-electron chi connectivity index (χ3n) is 7.80. The first kappa shape index (κ1) is 30.0. The van der Waals surface area contributed by atoms with E-state index in [9.17, 15) is 27.9 Å². The third-order valence-corrected chi connectivity index (χ3v) is 9.63. The van der Waals surface area contributed by atoms with Crippen LogP contribution in [-0.2, 0) is 24.5 Å². The van der Waals surface area contributed by atoms with E-state index < -0.39 is 22.0 Å². The number of Topliss-reactive ketones (excluding diaryl/α,β-unsaturated/α-hetero) is 2. The fraction of sp³-hybridized carbons (Fsp3) is 0.387. The Balaban J connectivity index is 1.65. The number of nitrogens with zero attached hydrogens (tertiary/aromatic N) is 1. The monoisotopic (exact) mass is 657 g/mol. The van der Waals surface area contributed by atoms with Crippen LogP contribution >= 0.6 is 15.9 Å². The van der Waals surface area contributed by atoms with Gasteiger partial charge in [-0.25, -0.2) is 0 Å². The van der Waals surface area contributed by atoms with Crippen LogP contribution in [0.15, 0.2) is 68.3 Å². The van der Waals surface area contributed by atoms with Gasteiger partial charge >= 0.3 is 16.1 Å². The lowest BCUT2D eigenvalue weighted by molar-refractivity contribution is -0.137. The molecule has 0 atom stereocenters. The molecule has 0 saturated heterocycles. The van der Waals surface area contributed by atoms with Gasteiger partial charge in [-0.3, -0.25) is 14.4 Å². The molecule has 2 aromatic carbocycles. The zero-order valence-corrected chi connectivity index (χ0v) is 25.8. The summed E-state index contributed by atoms with van der Waals surface area (Å²) in [5.74, 6) is -1.68. The standard InChI is InChI=1S/C31H32BrNO8S/c1-3-40-26-17-19(16-21(32)31(26)41-42(38,39)20-12-10-18(2)11-13-20)28-29-22(6-4-8-24(29)34)33(15-14-27(36)37)23-7-5-9-25(35)30(23)28/h10-13,16-17,28H,3-9,14-15H2,1-2H3,(H,36,37). The Hall–Kier alpha value is -3.44. The van der Waals surface area contributed by atoms with Crippen molar-refractivity contribution in [1.29, 1.82) is 0 Å². The van der Waals surface area contributed by atoms with Crippen molar-refractivity contribution in [3.05, 3.63) is 74.5 Å². The minimum Gasteiger partial charge on any atom is -0.490 e. The van der Waals surface area contributed by atoms with Crippen LogP contribution in [0.1, 0.15) is 68.9 Å². The molecular weight excluding hydrogens is 626 g/mol. The largest absolute Gasteiger partial charge is 0.490 e. The maximum Gasteiger partial charge on any atom is 0.339 e. The summed E-state index contributed by atoms with van der Waals surface area (Å²) >= 11 is 3.48. The summed E-state index contributed by atoms with van der Waals surface area (Å²) in [4.78, 5) is 40.4. The fourth-order valence-electron chi connectivity index (χ4n) is 5.99. The van der Waals surface area contributed by atoms with Crippen molar-refractivity contribution in [1.82, 2.24) is 4.90 Å². The van der Waals surface area contributed by atoms with Crippen molar-refractivity contribution in [2.24, 2.45) is 0 Å². The number of aryl methyl sites for hydroxylation is 1. The Bertz CT molecular complexity index is 1580. The Morgan fingerprint density at radius 1 is 1.00 bits per heavy atom. The molecule has 1 N–H and O–H groups in total. The van der Waals surface area contributed by atoms with Gasteiger partial charge in [0.2, 0.25) is 0 Å². The molecule has 0 aromatic heterocycles. The van der Waals surface area contributed by atoms with E-state index in [0.29, 0.717) is 59.7 Å². The normalized spacial score (nSPS) is 17.7. The predicted octanol–water partition coefficient (Wildman–Crippen LogP) is 5.81. The van der Waals surface area contributed by atoms with E-state index in [4.69, 9.17) is 8.92 Å². The maximum absolute atomic E-state index is 13.5. The van der Waals surface area contributed by atoms with Gasteiger partial charge in [-0.1, -0.05) is 17.7 Å². The van der Waals surface area contributed by atoms with E-state index in [1.54, 1.807) is 31.2 Å². The van der Waals surface area contributed by atoms with E-state index in [0.717, 1.165) is 17.0 Å². The van der Waals surface area contributed by atoms with E-state index in [-0.39, 0.29) is 47.5 Å². The molecule has 222 valence electrons. The number of halogens is 1. The van der Waals surface area contributed by atoms with Gasteiger partial charge in [0.1, 0.15) is 4.90 Å². The Morgan fingerprint density at radius 2 is 1.60 bits per heavy atom. The number of hydrogen-bond donors (Lipinski definition) is 1. The van der Waals surface area contributed by atoms with Crippen LogP contribution in [-0.4, -0.2) is 49.1 Å². The minimum absolute atomic E-state index is 0.00884. The van der Waals surface area contributed by atoms with E-state index in [1.807, 2.05) is 11.8 Å². The molecule has 0 bridgehead atoms. The first-order chi connectivity index (χ1) is 20.0. The predicted molar refractivity (Wildman–Crippen MR) is 158 cm³/mol. The van der Waals surface area contributed by atoms with Crippen molar-refractivity contribution in [2.75, 3.05) is 13.2 Å². The van der Waals surface area contributed by atoms with Crippen LogP contribution in [0, 0.1) is 6.92 Å². The van der Waals surface area contributed by atoms with Crippen molar-refractivity contribution < 1.29 is 36.8 Å². The maximum atomic E-state index is 13.5. The molecule has 9 nitrogen and oxygen atoms in total. The van der Waals surface area contributed by atoms with Gasteiger partial charge in [0.05, 0.1) is 17.5 Å². The molecule has 1 heterocycles. The highest BCUT2D eigenvalue weighted by Crippen LogP contribution is 2.51. The summed E-state index contributed by atoms with van der Waals surface area (Å²) < 4.78 is 38.1. The van der Waals surface area contributed by atoms with Crippen LogP contribution < -0.4 is 8.92 Å². The quantitative estimate of drug-likeness (QED) is 0.332. The zero-order valence-electron chi connectivity index (χ0n) is 23.4. The molecule has 2 aromatic rings. The molecule has 0 amide bonds. The Morgan fingerprint density at radius 3 is 2.14 bits per heavy atom. The van der Waals surface area contributed by atoms with Crippen LogP contribution in [0.3, 0.4) is 0 Å². The number of hydrogen-bond acceptors (Lipinski definition) is 8. The molecular formula is C31H32BrNO8S.